The summed E-state index contributed by atoms with van der Waals surface area (Å²) in [5.74, 6) is 3.38. The third kappa shape index (κ3) is 1.69. The molecule has 0 saturated carbocycles. The van der Waals surface area contributed by atoms with Crippen LogP contribution in [0.3, 0.4) is 0 Å². The van der Waals surface area contributed by atoms with Crippen molar-refractivity contribution >= 4 is 15.0 Å². The predicted molar refractivity (Wildman–Crippen MR) is 60.2 cm³/mol. The summed E-state index contributed by atoms with van der Waals surface area (Å²) in [5.41, 5.74) is 1.39. The fourth-order valence-electron chi connectivity index (χ4n) is 1.93. The first-order valence-electron chi connectivity index (χ1n) is 4.93. The minimum atomic E-state index is 0.0170. The van der Waals surface area contributed by atoms with Crippen molar-refractivity contribution in [2.45, 2.75) is 36.5 Å². The summed E-state index contributed by atoms with van der Waals surface area (Å²) in [5, 5.41) is 0. The Hall–Kier alpha value is -0.461. The average Bonchev–Trinajstić information content (AvgIpc) is 2.15. The van der Waals surface area contributed by atoms with Gasteiger partial charge in [0.15, 0.2) is 0 Å². The zero-order chi connectivity index (χ0) is 10.2. The van der Waals surface area contributed by atoms with Gasteiger partial charge >= 0.3 is 91.8 Å². The van der Waals surface area contributed by atoms with Crippen molar-refractivity contribution in [2.24, 2.45) is 0 Å². The van der Waals surface area contributed by atoms with Crippen LogP contribution in [0.2, 0.25) is 10.6 Å². The van der Waals surface area contributed by atoms with Gasteiger partial charge in [-0.1, -0.05) is 0 Å². The Labute approximate surface area is 92.0 Å². The monoisotopic (exact) mass is 256 g/mol. The van der Waals surface area contributed by atoms with Gasteiger partial charge in [-0.3, -0.25) is 0 Å². The van der Waals surface area contributed by atoms with Crippen molar-refractivity contribution in [3.8, 4) is 5.75 Å². The van der Waals surface area contributed by atoms with Crippen molar-refractivity contribution in [1.82, 2.24) is 0 Å². The maximum atomic E-state index is 6.04. The van der Waals surface area contributed by atoms with E-state index in [1.54, 1.807) is 0 Å². The van der Waals surface area contributed by atoms with E-state index in [4.69, 9.17) is 4.74 Å². The maximum absolute atomic E-state index is 6.04. The Bertz CT molecular complexity index is 333. The zero-order valence-corrected chi connectivity index (χ0v) is 10.6. The molecule has 1 aliphatic rings. The van der Waals surface area contributed by atoms with E-state index in [1.807, 2.05) is 6.07 Å². The van der Waals surface area contributed by atoms with Gasteiger partial charge in [-0.2, -0.15) is 0 Å². The van der Waals surface area contributed by atoms with Crippen LogP contribution in [0.5, 0.6) is 5.75 Å². The fourth-order valence-corrected chi connectivity index (χ4v) is 3.95. The van der Waals surface area contributed by atoms with E-state index in [0.717, 1.165) is 5.75 Å². The SMILES string of the molecule is C[Se]C1Cc2ccccc2OC1(C)C. The second kappa shape index (κ2) is 3.60. The standard InChI is InChI=1S/C12H16OSe/c1-12(2)11(14-3)8-9-6-4-5-7-10(9)13-12/h4-7,11H,8H2,1-3H3. The van der Waals surface area contributed by atoms with Crippen LogP contribution in [0, 0.1) is 0 Å². The molecule has 1 heterocycles. The number of rotatable bonds is 1. The molecule has 1 atom stereocenters. The van der Waals surface area contributed by atoms with Crippen LogP contribution < -0.4 is 4.74 Å². The van der Waals surface area contributed by atoms with Gasteiger partial charge in [0.1, 0.15) is 0 Å². The van der Waals surface area contributed by atoms with Gasteiger partial charge in [0.25, 0.3) is 0 Å². The van der Waals surface area contributed by atoms with Crippen molar-refractivity contribution in [1.29, 1.82) is 0 Å². The summed E-state index contributed by atoms with van der Waals surface area (Å²) in [4.78, 5) is 0.699. The summed E-state index contributed by atoms with van der Waals surface area (Å²) in [6.07, 6.45) is 1.18. The summed E-state index contributed by atoms with van der Waals surface area (Å²) >= 11 is 0.650. The van der Waals surface area contributed by atoms with Gasteiger partial charge in [-0.15, -0.1) is 0 Å². The van der Waals surface area contributed by atoms with Crippen LogP contribution in [-0.4, -0.2) is 20.6 Å². The molecule has 0 saturated heterocycles. The Morgan fingerprint density at radius 2 is 2.07 bits per heavy atom. The predicted octanol–water partition coefficient (Wildman–Crippen LogP) is 2.94. The van der Waals surface area contributed by atoms with Crippen LogP contribution in [0.15, 0.2) is 24.3 Å². The van der Waals surface area contributed by atoms with Gasteiger partial charge in [-0.05, 0) is 0 Å². The third-order valence-electron chi connectivity index (χ3n) is 2.81. The Balaban J connectivity index is 2.35. The van der Waals surface area contributed by atoms with E-state index in [1.165, 1.54) is 12.0 Å². The van der Waals surface area contributed by atoms with E-state index in [2.05, 4.69) is 37.9 Å². The molecular weight excluding hydrogens is 239 g/mol. The molecule has 0 fully saturated rings. The third-order valence-corrected chi connectivity index (χ3v) is 5.55. The number of hydrogen-bond acceptors (Lipinski definition) is 1. The van der Waals surface area contributed by atoms with Crippen molar-refractivity contribution in [3.05, 3.63) is 29.8 Å². The van der Waals surface area contributed by atoms with Crippen LogP contribution in [0.25, 0.3) is 0 Å². The molecule has 1 aliphatic heterocycles. The van der Waals surface area contributed by atoms with Crippen molar-refractivity contribution < 1.29 is 4.74 Å². The number of para-hydroxylation sites is 1. The Morgan fingerprint density at radius 3 is 2.79 bits per heavy atom. The molecule has 0 bridgehead atoms. The molecular formula is C12H16OSe. The second-order valence-electron chi connectivity index (χ2n) is 4.24. The first kappa shape index (κ1) is 10.1. The molecule has 0 amide bonds. The van der Waals surface area contributed by atoms with Gasteiger partial charge in [0.2, 0.25) is 0 Å². The molecule has 2 heteroatoms. The molecule has 1 aromatic rings. The summed E-state index contributed by atoms with van der Waals surface area (Å²) in [7, 11) is 0. The van der Waals surface area contributed by atoms with Crippen LogP contribution in [0.1, 0.15) is 19.4 Å². The summed E-state index contributed by atoms with van der Waals surface area (Å²) in [6, 6.07) is 8.41. The molecule has 1 nitrogen and oxygen atoms in total. The number of ether oxygens (including phenoxy) is 1. The Kier molecular flexibility index (Phi) is 2.59. The fraction of sp³-hybridized carbons (Fsp3) is 0.500. The average molecular weight is 255 g/mol. The molecule has 0 radical (unpaired) electrons. The van der Waals surface area contributed by atoms with E-state index in [0.29, 0.717) is 19.8 Å². The molecule has 14 heavy (non-hydrogen) atoms. The summed E-state index contributed by atoms with van der Waals surface area (Å²) in [6.45, 7) is 4.41. The van der Waals surface area contributed by atoms with E-state index < -0.39 is 0 Å². The molecule has 0 aromatic heterocycles. The minimum absolute atomic E-state index is 0.0170. The molecule has 1 unspecified atom stereocenters. The van der Waals surface area contributed by atoms with Crippen molar-refractivity contribution in [3.63, 3.8) is 0 Å². The topological polar surface area (TPSA) is 9.23 Å². The second-order valence-corrected chi connectivity index (χ2v) is 6.42. The van der Waals surface area contributed by atoms with Crippen LogP contribution in [0.4, 0.5) is 0 Å². The van der Waals surface area contributed by atoms with Gasteiger partial charge in [-0.25, -0.2) is 0 Å². The normalized spacial score (nSPS) is 23.8. The zero-order valence-electron chi connectivity index (χ0n) is 8.91. The van der Waals surface area contributed by atoms with Crippen LogP contribution in [-0.2, 0) is 6.42 Å². The van der Waals surface area contributed by atoms with Gasteiger partial charge in [0.05, 0.1) is 0 Å². The van der Waals surface area contributed by atoms with Crippen LogP contribution >= 0.6 is 0 Å². The number of fused-ring (bicyclic) bond motifs is 1. The van der Waals surface area contributed by atoms with E-state index in [9.17, 15) is 0 Å². The molecule has 76 valence electrons. The molecule has 0 aliphatic carbocycles. The van der Waals surface area contributed by atoms with Gasteiger partial charge in [0, 0.05) is 0 Å². The first-order valence-corrected chi connectivity index (χ1v) is 7.63. The van der Waals surface area contributed by atoms with E-state index in [-0.39, 0.29) is 5.60 Å². The van der Waals surface area contributed by atoms with Gasteiger partial charge < -0.3 is 0 Å². The Morgan fingerprint density at radius 1 is 1.36 bits per heavy atom. The number of benzene rings is 1. The number of hydrogen-bond donors (Lipinski definition) is 0. The molecule has 0 spiro atoms. The van der Waals surface area contributed by atoms with E-state index >= 15 is 0 Å². The molecule has 1 aromatic carbocycles. The molecule has 2 rings (SSSR count). The molecule has 0 N–H and O–H groups in total. The summed E-state index contributed by atoms with van der Waals surface area (Å²) < 4.78 is 6.04. The quantitative estimate of drug-likeness (QED) is 0.701. The first-order chi connectivity index (χ1) is 6.63. The van der Waals surface area contributed by atoms with Crippen molar-refractivity contribution in [2.75, 3.05) is 0 Å².